The first kappa shape index (κ1) is 17.1. The van der Waals surface area contributed by atoms with Crippen LogP contribution in [0.3, 0.4) is 0 Å². The number of sulfonamides is 1. The molecule has 7 heteroatoms. The number of nitrogens with zero attached hydrogens (tertiary/aromatic N) is 1. The van der Waals surface area contributed by atoms with E-state index in [9.17, 15) is 8.42 Å². The molecule has 1 heterocycles. The number of ether oxygens (including phenoxy) is 1. The standard InChI is InChI=1S/C17H19ClN2O3S/c1-13-5-6-17(16(18)11-13)24(21,22)19-14-3-2-4-15(12-14)20-7-9-23-10-8-20/h2-6,11-12,19H,7-10H2,1H3. The second-order valence-electron chi connectivity index (χ2n) is 5.69. The fraction of sp³-hybridized carbons (Fsp3) is 0.294. The summed E-state index contributed by atoms with van der Waals surface area (Å²) in [6, 6.07) is 12.2. The van der Waals surface area contributed by atoms with Crippen LogP contribution in [-0.4, -0.2) is 34.7 Å². The minimum Gasteiger partial charge on any atom is -0.378 e. The first-order valence-electron chi connectivity index (χ1n) is 7.67. The summed E-state index contributed by atoms with van der Waals surface area (Å²) in [6.07, 6.45) is 0. The van der Waals surface area contributed by atoms with Crippen LogP contribution in [0.1, 0.15) is 5.56 Å². The van der Waals surface area contributed by atoms with E-state index < -0.39 is 10.0 Å². The SMILES string of the molecule is Cc1ccc(S(=O)(=O)Nc2cccc(N3CCOCC3)c2)c(Cl)c1. The van der Waals surface area contributed by atoms with Crippen LogP contribution < -0.4 is 9.62 Å². The van der Waals surface area contributed by atoms with Crippen LogP contribution in [0.15, 0.2) is 47.4 Å². The molecular weight excluding hydrogens is 348 g/mol. The average molecular weight is 367 g/mol. The molecular formula is C17H19ClN2O3S. The lowest BCUT2D eigenvalue weighted by Crippen LogP contribution is -2.36. The van der Waals surface area contributed by atoms with Crippen molar-refractivity contribution in [1.29, 1.82) is 0 Å². The fourth-order valence-corrected chi connectivity index (χ4v) is 4.27. The second-order valence-corrected chi connectivity index (χ2v) is 7.75. The monoisotopic (exact) mass is 366 g/mol. The molecule has 3 rings (SSSR count). The van der Waals surface area contributed by atoms with Crippen LogP contribution in [0, 0.1) is 6.92 Å². The maximum atomic E-state index is 12.6. The van der Waals surface area contributed by atoms with Crippen molar-refractivity contribution in [3.8, 4) is 0 Å². The van der Waals surface area contributed by atoms with Gasteiger partial charge < -0.3 is 9.64 Å². The molecule has 1 aliphatic rings. The van der Waals surface area contributed by atoms with Crippen molar-refractivity contribution >= 4 is 33.0 Å². The molecule has 24 heavy (non-hydrogen) atoms. The van der Waals surface area contributed by atoms with Gasteiger partial charge in [-0.2, -0.15) is 0 Å². The average Bonchev–Trinajstić information content (AvgIpc) is 2.55. The maximum Gasteiger partial charge on any atom is 0.263 e. The Labute approximate surface area is 147 Å². The molecule has 0 bridgehead atoms. The highest BCUT2D eigenvalue weighted by Gasteiger charge is 2.19. The van der Waals surface area contributed by atoms with Gasteiger partial charge in [-0.3, -0.25) is 4.72 Å². The van der Waals surface area contributed by atoms with Gasteiger partial charge in [-0.25, -0.2) is 8.42 Å². The summed E-state index contributed by atoms with van der Waals surface area (Å²) in [5, 5.41) is 0.215. The number of anilines is 2. The quantitative estimate of drug-likeness (QED) is 0.902. The van der Waals surface area contributed by atoms with Crippen molar-refractivity contribution in [3.63, 3.8) is 0 Å². The molecule has 0 radical (unpaired) electrons. The topological polar surface area (TPSA) is 58.6 Å². The number of hydrogen-bond acceptors (Lipinski definition) is 4. The Morgan fingerprint density at radius 2 is 1.88 bits per heavy atom. The molecule has 0 saturated carbocycles. The van der Waals surface area contributed by atoms with Crippen molar-refractivity contribution in [1.82, 2.24) is 0 Å². The molecule has 0 aromatic heterocycles. The molecule has 0 spiro atoms. The van der Waals surface area contributed by atoms with E-state index in [1.807, 2.05) is 25.1 Å². The normalized spacial score (nSPS) is 15.3. The molecule has 1 aliphatic heterocycles. The van der Waals surface area contributed by atoms with Crippen LogP contribution in [0.25, 0.3) is 0 Å². The molecule has 0 aliphatic carbocycles. The Morgan fingerprint density at radius 1 is 1.12 bits per heavy atom. The fourth-order valence-electron chi connectivity index (χ4n) is 2.62. The molecule has 1 N–H and O–H groups in total. The highest BCUT2D eigenvalue weighted by atomic mass is 35.5. The van der Waals surface area contributed by atoms with Gasteiger partial charge in [-0.05, 0) is 42.8 Å². The number of rotatable bonds is 4. The lowest BCUT2D eigenvalue weighted by molar-refractivity contribution is 0.122. The Bertz CT molecular complexity index is 833. The third-order valence-corrected chi connectivity index (χ3v) is 5.72. The number of aryl methyl sites for hydroxylation is 1. The molecule has 2 aromatic rings. The summed E-state index contributed by atoms with van der Waals surface area (Å²) in [4.78, 5) is 2.24. The summed E-state index contributed by atoms with van der Waals surface area (Å²) >= 11 is 6.09. The van der Waals surface area contributed by atoms with Gasteiger partial charge in [0.1, 0.15) is 4.90 Å². The molecule has 0 unspecified atom stereocenters. The van der Waals surface area contributed by atoms with E-state index in [4.69, 9.17) is 16.3 Å². The first-order chi connectivity index (χ1) is 11.5. The van der Waals surface area contributed by atoms with Gasteiger partial charge in [0, 0.05) is 18.8 Å². The summed E-state index contributed by atoms with van der Waals surface area (Å²) in [5.74, 6) is 0. The lowest BCUT2D eigenvalue weighted by Gasteiger charge is -2.29. The summed E-state index contributed by atoms with van der Waals surface area (Å²) in [5.41, 5.74) is 2.39. The Morgan fingerprint density at radius 3 is 2.58 bits per heavy atom. The zero-order chi connectivity index (χ0) is 17.2. The van der Waals surface area contributed by atoms with Gasteiger partial charge >= 0.3 is 0 Å². The number of hydrogen-bond donors (Lipinski definition) is 1. The van der Waals surface area contributed by atoms with Crippen LogP contribution >= 0.6 is 11.6 Å². The zero-order valence-electron chi connectivity index (χ0n) is 13.3. The van der Waals surface area contributed by atoms with Crippen LogP contribution in [0.4, 0.5) is 11.4 Å². The molecule has 2 aromatic carbocycles. The third kappa shape index (κ3) is 3.83. The minimum atomic E-state index is -3.73. The van der Waals surface area contributed by atoms with E-state index in [-0.39, 0.29) is 9.92 Å². The number of morpholine rings is 1. The molecule has 128 valence electrons. The van der Waals surface area contributed by atoms with Crippen molar-refractivity contribution in [2.45, 2.75) is 11.8 Å². The predicted molar refractivity (Wildman–Crippen MR) is 96.5 cm³/mol. The van der Waals surface area contributed by atoms with Gasteiger partial charge in [0.2, 0.25) is 0 Å². The van der Waals surface area contributed by atoms with E-state index in [0.717, 1.165) is 24.3 Å². The van der Waals surface area contributed by atoms with Gasteiger partial charge in [0.05, 0.1) is 23.9 Å². The Balaban J connectivity index is 1.84. The van der Waals surface area contributed by atoms with E-state index in [1.54, 1.807) is 18.2 Å². The van der Waals surface area contributed by atoms with Crippen molar-refractivity contribution < 1.29 is 13.2 Å². The highest BCUT2D eigenvalue weighted by molar-refractivity contribution is 7.92. The first-order valence-corrected chi connectivity index (χ1v) is 9.53. The summed E-state index contributed by atoms with van der Waals surface area (Å²) in [6.45, 7) is 4.80. The van der Waals surface area contributed by atoms with Crippen LogP contribution in [0.5, 0.6) is 0 Å². The largest absolute Gasteiger partial charge is 0.378 e. The molecule has 0 atom stereocenters. The second kappa shape index (κ2) is 7.01. The van der Waals surface area contributed by atoms with Gasteiger partial charge in [0.15, 0.2) is 0 Å². The number of halogens is 1. The third-order valence-electron chi connectivity index (χ3n) is 3.85. The van der Waals surface area contributed by atoms with E-state index in [2.05, 4.69) is 9.62 Å². The Hall–Kier alpha value is -1.76. The maximum absolute atomic E-state index is 12.6. The number of benzene rings is 2. The van der Waals surface area contributed by atoms with E-state index >= 15 is 0 Å². The van der Waals surface area contributed by atoms with Crippen molar-refractivity contribution in [2.24, 2.45) is 0 Å². The van der Waals surface area contributed by atoms with Crippen molar-refractivity contribution in [3.05, 3.63) is 53.1 Å². The lowest BCUT2D eigenvalue weighted by atomic mass is 10.2. The van der Waals surface area contributed by atoms with E-state index in [0.29, 0.717) is 18.9 Å². The van der Waals surface area contributed by atoms with Crippen LogP contribution in [-0.2, 0) is 14.8 Å². The molecule has 0 amide bonds. The number of nitrogens with one attached hydrogen (secondary N) is 1. The highest BCUT2D eigenvalue weighted by Crippen LogP contribution is 2.26. The van der Waals surface area contributed by atoms with Crippen LogP contribution in [0.2, 0.25) is 5.02 Å². The van der Waals surface area contributed by atoms with Gasteiger partial charge in [0.25, 0.3) is 10.0 Å². The smallest absolute Gasteiger partial charge is 0.263 e. The molecule has 1 saturated heterocycles. The van der Waals surface area contributed by atoms with Gasteiger partial charge in [-0.15, -0.1) is 0 Å². The van der Waals surface area contributed by atoms with E-state index in [1.165, 1.54) is 6.07 Å². The minimum absolute atomic E-state index is 0.0755. The summed E-state index contributed by atoms with van der Waals surface area (Å²) < 4.78 is 33.1. The Kier molecular flexibility index (Phi) is 4.99. The van der Waals surface area contributed by atoms with Crippen molar-refractivity contribution in [2.75, 3.05) is 35.9 Å². The predicted octanol–water partition coefficient (Wildman–Crippen LogP) is 3.29. The molecule has 1 fully saturated rings. The van der Waals surface area contributed by atoms with Gasteiger partial charge in [-0.1, -0.05) is 23.7 Å². The summed E-state index contributed by atoms with van der Waals surface area (Å²) in [7, 11) is -3.73. The molecule has 5 nitrogen and oxygen atoms in total. The zero-order valence-corrected chi connectivity index (χ0v) is 14.9.